The first-order valence-electron chi connectivity index (χ1n) is 9.90. The van der Waals surface area contributed by atoms with E-state index in [0.29, 0.717) is 33.9 Å². The number of rotatable bonds is 9. The second kappa shape index (κ2) is 10.7. The van der Waals surface area contributed by atoms with Crippen LogP contribution >= 0.6 is 11.8 Å². The predicted molar refractivity (Wildman–Crippen MR) is 122 cm³/mol. The molecule has 3 rings (SSSR count). The Hall–Kier alpha value is -3.53. The Kier molecular flexibility index (Phi) is 7.72. The van der Waals surface area contributed by atoms with Crippen LogP contribution in [-0.2, 0) is 16.1 Å². The van der Waals surface area contributed by atoms with Crippen LogP contribution < -0.4 is 15.9 Å². The number of ether oxygens (including phenoxy) is 2. The number of nitrogens with one attached hydrogen (secondary N) is 1. The molecule has 3 aromatic rings. The smallest absolute Gasteiger partial charge is 0.337 e. The average Bonchev–Trinajstić information content (AvgIpc) is 3.15. The van der Waals surface area contributed by atoms with Gasteiger partial charge in [0.1, 0.15) is 12.4 Å². The van der Waals surface area contributed by atoms with Crippen molar-refractivity contribution in [1.29, 1.82) is 0 Å². The van der Waals surface area contributed by atoms with E-state index in [4.69, 9.17) is 10.6 Å². The van der Waals surface area contributed by atoms with Crippen molar-refractivity contribution in [3.05, 3.63) is 65.5 Å². The van der Waals surface area contributed by atoms with Gasteiger partial charge in [-0.15, -0.1) is 10.2 Å². The third kappa shape index (κ3) is 6.01. The number of amides is 1. The first-order chi connectivity index (χ1) is 15.4. The van der Waals surface area contributed by atoms with Crippen LogP contribution in [0.15, 0.2) is 53.7 Å². The molecule has 0 spiro atoms. The summed E-state index contributed by atoms with van der Waals surface area (Å²) in [4.78, 5) is 23.7. The number of carbonyl (C=O) groups is 2. The molecule has 1 amide bonds. The zero-order chi connectivity index (χ0) is 23.1. The Morgan fingerprint density at radius 2 is 1.78 bits per heavy atom. The Balaban J connectivity index is 1.49. The minimum atomic E-state index is -0.437. The SMILES string of the molecule is COC(=O)c1ccc(NC(=O)CSc2nnc(COc3ccc(C(C)C)cc3)n2N)cc1. The van der Waals surface area contributed by atoms with Crippen molar-refractivity contribution in [2.24, 2.45) is 0 Å². The number of esters is 1. The van der Waals surface area contributed by atoms with Gasteiger partial charge in [-0.05, 0) is 47.9 Å². The van der Waals surface area contributed by atoms with Gasteiger partial charge >= 0.3 is 5.97 Å². The summed E-state index contributed by atoms with van der Waals surface area (Å²) in [5, 5.41) is 11.2. The quantitative estimate of drug-likeness (QED) is 0.287. The number of thioether (sulfide) groups is 1. The highest BCUT2D eigenvalue weighted by molar-refractivity contribution is 7.99. The molecule has 0 fully saturated rings. The summed E-state index contributed by atoms with van der Waals surface area (Å²) in [5.74, 6) is 7.06. The van der Waals surface area contributed by atoms with Gasteiger partial charge in [-0.3, -0.25) is 4.79 Å². The highest BCUT2D eigenvalue weighted by Crippen LogP contribution is 2.20. The number of hydrogen-bond acceptors (Lipinski definition) is 8. The number of methoxy groups -OCH3 is 1. The number of anilines is 1. The molecule has 32 heavy (non-hydrogen) atoms. The number of hydrogen-bond donors (Lipinski definition) is 2. The highest BCUT2D eigenvalue weighted by Gasteiger charge is 2.13. The second-order valence-electron chi connectivity index (χ2n) is 7.19. The van der Waals surface area contributed by atoms with E-state index in [2.05, 4.69) is 34.1 Å². The number of aromatic nitrogens is 3. The van der Waals surface area contributed by atoms with Crippen LogP contribution in [0.4, 0.5) is 5.69 Å². The summed E-state index contributed by atoms with van der Waals surface area (Å²) < 4.78 is 11.7. The van der Waals surface area contributed by atoms with Crippen LogP contribution in [0.25, 0.3) is 0 Å². The van der Waals surface area contributed by atoms with Crippen LogP contribution in [-0.4, -0.2) is 39.6 Å². The highest BCUT2D eigenvalue weighted by atomic mass is 32.2. The van der Waals surface area contributed by atoms with Gasteiger partial charge in [-0.2, -0.15) is 0 Å². The molecule has 2 aromatic carbocycles. The molecule has 0 saturated heterocycles. The molecule has 0 aliphatic rings. The van der Waals surface area contributed by atoms with Crippen LogP contribution in [0.2, 0.25) is 0 Å². The summed E-state index contributed by atoms with van der Waals surface area (Å²) in [6.45, 7) is 4.42. The van der Waals surface area contributed by atoms with Gasteiger partial charge in [0.2, 0.25) is 11.1 Å². The summed E-state index contributed by atoms with van der Waals surface area (Å²) in [6.07, 6.45) is 0. The van der Waals surface area contributed by atoms with Gasteiger partial charge in [0.15, 0.2) is 5.82 Å². The predicted octanol–water partition coefficient (Wildman–Crippen LogP) is 3.21. The van der Waals surface area contributed by atoms with Crippen molar-refractivity contribution < 1.29 is 19.1 Å². The lowest BCUT2D eigenvalue weighted by Gasteiger charge is -2.09. The van der Waals surface area contributed by atoms with Gasteiger partial charge in [0.25, 0.3) is 0 Å². The number of nitrogens with two attached hydrogens (primary N) is 1. The number of nitrogens with zero attached hydrogens (tertiary/aromatic N) is 3. The van der Waals surface area contributed by atoms with E-state index in [9.17, 15) is 9.59 Å². The second-order valence-corrected chi connectivity index (χ2v) is 8.13. The van der Waals surface area contributed by atoms with E-state index in [1.165, 1.54) is 17.3 Å². The third-order valence-electron chi connectivity index (χ3n) is 4.57. The lowest BCUT2D eigenvalue weighted by Crippen LogP contribution is -2.18. The maximum atomic E-state index is 12.2. The molecule has 0 aliphatic heterocycles. The molecular weight excluding hydrogens is 430 g/mol. The van der Waals surface area contributed by atoms with Gasteiger partial charge in [-0.1, -0.05) is 37.7 Å². The summed E-state index contributed by atoms with van der Waals surface area (Å²) in [6, 6.07) is 14.3. The minimum Gasteiger partial charge on any atom is -0.486 e. The fourth-order valence-corrected chi connectivity index (χ4v) is 3.41. The molecular formula is C22H25N5O4S. The van der Waals surface area contributed by atoms with Crippen LogP contribution in [0, 0.1) is 0 Å². The average molecular weight is 456 g/mol. The van der Waals surface area contributed by atoms with Crippen LogP contribution in [0.5, 0.6) is 5.75 Å². The van der Waals surface area contributed by atoms with E-state index in [0.717, 1.165) is 11.8 Å². The molecule has 1 aromatic heterocycles. The zero-order valence-corrected chi connectivity index (χ0v) is 18.9. The molecule has 1 heterocycles. The van der Waals surface area contributed by atoms with Crippen molar-refractivity contribution in [1.82, 2.24) is 14.9 Å². The van der Waals surface area contributed by atoms with Crippen molar-refractivity contribution >= 4 is 29.3 Å². The third-order valence-corrected chi connectivity index (χ3v) is 5.52. The van der Waals surface area contributed by atoms with Crippen molar-refractivity contribution in [3.63, 3.8) is 0 Å². The maximum absolute atomic E-state index is 12.2. The Bertz CT molecular complexity index is 1060. The molecule has 9 nitrogen and oxygen atoms in total. The van der Waals surface area contributed by atoms with E-state index < -0.39 is 5.97 Å². The van der Waals surface area contributed by atoms with Gasteiger partial charge in [0, 0.05) is 5.69 Å². The van der Waals surface area contributed by atoms with E-state index in [-0.39, 0.29) is 18.3 Å². The fourth-order valence-electron chi connectivity index (χ4n) is 2.74. The molecule has 10 heteroatoms. The Morgan fingerprint density at radius 1 is 1.09 bits per heavy atom. The summed E-state index contributed by atoms with van der Waals surface area (Å²) in [7, 11) is 1.31. The van der Waals surface area contributed by atoms with Gasteiger partial charge in [0.05, 0.1) is 18.4 Å². The monoisotopic (exact) mass is 455 g/mol. The molecule has 0 radical (unpaired) electrons. The van der Waals surface area contributed by atoms with E-state index in [1.807, 2.05) is 24.3 Å². The first kappa shape index (κ1) is 23.1. The molecule has 0 saturated carbocycles. The summed E-state index contributed by atoms with van der Waals surface area (Å²) >= 11 is 1.16. The lowest BCUT2D eigenvalue weighted by atomic mass is 10.0. The molecule has 0 atom stereocenters. The van der Waals surface area contributed by atoms with Crippen molar-refractivity contribution in [2.45, 2.75) is 31.5 Å². The van der Waals surface area contributed by atoms with Crippen LogP contribution in [0.3, 0.4) is 0 Å². The molecule has 0 bridgehead atoms. The van der Waals surface area contributed by atoms with Crippen LogP contribution in [0.1, 0.15) is 41.5 Å². The number of nitrogen functional groups attached to an aromatic ring is 1. The van der Waals surface area contributed by atoms with E-state index in [1.54, 1.807) is 24.3 Å². The molecule has 0 unspecified atom stereocenters. The van der Waals surface area contributed by atoms with Gasteiger partial charge in [-0.25, -0.2) is 9.47 Å². The lowest BCUT2D eigenvalue weighted by molar-refractivity contribution is -0.113. The summed E-state index contributed by atoms with van der Waals surface area (Å²) in [5.41, 5.74) is 2.20. The molecule has 3 N–H and O–H groups in total. The van der Waals surface area contributed by atoms with E-state index >= 15 is 0 Å². The van der Waals surface area contributed by atoms with Crippen molar-refractivity contribution in [3.8, 4) is 5.75 Å². The Morgan fingerprint density at radius 3 is 2.41 bits per heavy atom. The fraction of sp³-hybridized carbons (Fsp3) is 0.273. The number of carbonyl (C=O) groups excluding carboxylic acids is 2. The number of benzene rings is 2. The minimum absolute atomic E-state index is 0.0889. The van der Waals surface area contributed by atoms with Crippen molar-refractivity contribution in [2.75, 3.05) is 24.0 Å². The first-order valence-corrected chi connectivity index (χ1v) is 10.9. The zero-order valence-electron chi connectivity index (χ0n) is 18.1. The maximum Gasteiger partial charge on any atom is 0.337 e. The molecule has 168 valence electrons. The topological polar surface area (TPSA) is 121 Å². The Labute approximate surface area is 190 Å². The standard InChI is InChI=1S/C22H25N5O4S/c1-14(2)15-6-10-18(11-7-15)31-12-19-25-26-22(27(19)23)32-13-20(28)24-17-8-4-16(5-9-17)21(29)30-3/h4-11,14H,12-13,23H2,1-3H3,(H,24,28). The molecule has 0 aliphatic carbocycles. The normalized spacial score (nSPS) is 10.8. The van der Waals surface area contributed by atoms with Gasteiger partial charge < -0.3 is 20.6 Å². The largest absolute Gasteiger partial charge is 0.486 e.